The molecule has 0 saturated heterocycles. The van der Waals surface area contributed by atoms with Gasteiger partial charge < -0.3 is 10.6 Å². The molecule has 1 aliphatic carbocycles. The third-order valence-corrected chi connectivity index (χ3v) is 3.52. The highest BCUT2D eigenvalue weighted by atomic mass is 127. The molecule has 1 aliphatic heterocycles. The van der Waals surface area contributed by atoms with Crippen LogP contribution in [0.2, 0.25) is 5.02 Å². The van der Waals surface area contributed by atoms with E-state index in [0.717, 1.165) is 30.5 Å². The van der Waals surface area contributed by atoms with Crippen LogP contribution in [0, 0.1) is 0 Å². The Morgan fingerprint density at radius 2 is 2.28 bits per heavy atom. The summed E-state index contributed by atoms with van der Waals surface area (Å²) >= 11 is 6.00. The van der Waals surface area contributed by atoms with Gasteiger partial charge in [-0.15, -0.1) is 24.0 Å². The van der Waals surface area contributed by atoms with Crippen molar-refractivity contribution in [1.82, 2.24) is 10.6 Å². The van der Waals surface area contributed by atoms with Crippen molar-refractivity contribution in [3.05, 3.63) is 34.9 Å². The molecule has 0 bridgehead atoms. The van der Waals surface area contributed by atoms with Crippen LogP contribution < -0.4 is 10.6 Å². The Balaban J connectivity index is 0.00000120. The van der Waals surface area contributed by atoms with Crippen molar-refractivity contribution < 1.29 is 0 Å². The van der Waals surface area contributed by atoms with Crippen LogP contribution >= 0.6 is 35.6 Å². The first-order chi connectivity index (χ1) is 8.33. The van der Waals surface area contributed by atoms with Crippen LogP contribution in [0.15, 0.2) is 29.3 Å². The molecule has 1 aromatic rings. The first-order valence-corrected chi connectivity index (χ1v) is 6.51. The first-order valence-electron chi connectivity index (χ1n) is 6.13. The molecule has 5 heteroatoms. The van der Waals surface area contributed by atoms with Crippen molar-refractivity contribution in [3.63, 3.8) is 0 Å². The molecule has 2 aliphatic rings. The Morgan fingerprint density at radius 3 is 3.00 bits per heavy atom. The number of hydrogen-bond acceptors (Lipinski definition) is 3. The van der Waals surface area contributed by atoms with Crippen molar-refractivity contribution >= 4 is 41.5 Å². The number of nitrogens with one attached hydrogen (secondary N) is 2. The van der Waals surface area contributed by atoms with Crippen molar-refractivity contribution in [2.45, 2.75) is 24.8 Å². The van der Waals surface area contributed by atoms with Gasteiger partial charge in [0.1, 0.15) is 0 Å². The van der Waals surface area contributed by atoms with Gasteiger partial charge in [0.2, 0.25) is 0 Å². The van der Waals surface area contributed by atoms with Crippen LogP contribution in [0.25, 0.3) is 0 Å². The predicted octanol–water partition coefficient (Wildman–Crippen LogP) is 2.75. The molecule has 0 radical (unpaired) electrons. The number of guanidine groups is 1. The van der Waals surface area contributed by atoms with Crippen LogP contribution in [-0.2, 0) is 0 Å². The van der Waals surface area contributed by atoms with Gasteiger partial charge in [-0.3, -0.25) is 4.99 Å². The molecule has 2 N–H and O–H groups in total. The van der Waals surface area contributed by atoms with Gasteiger partial charge in [-0.1, -0.05) is 23.7 Å². The minimum atomic E-state index is 0. The molecule has 2 atom stereocenters. The van der Waals surface area contributed by atoms with Gasteiger partial charge in [-0.05, 0) is 30.5 Å². The third kappa shape index (κ3) is 3.29. The minimum absolute atomic E-state index is 0. The van der Waals surface area contributed by atoms with Crippen LogP contribution in [0.1, 0.15) is 24.3 Å². The number of aliphatic imine (C=N–C) groups is 1. The number of halogens is 2. The standard InChI is InChI=1S/C13H16ClN3.HI/c14-10-4-1-3-9(7-10)11-8-12(11)17-13-15-5-2-6-16-13;/h1,3-4,7,11-12H,2,5-6,8H2,(H2,15,16,17);1H. The maximum atomic E-state index is 6.00. The summed E-state index contributed by atoms with van der Waals surface area (Å²) in [4.78, 5) is 4.42. The molecular weight excluding hydrogens is 361 g/mol. The molecule has 18 heavy (non-hydrogen) atoms. The highest BCUT2D eigenvalue weighted by molar-refractivity contribution is 14.0. The average molecular weight is 378 g/mol. The lowest BCUT2D eigenvalue weighted by atomic mass is 10.1. The Morgan fingerprint density at radius 1 is 1.39 bits per heavy atom. The fourth-order valence-electron chi connectivity index (χ4n) is 2.27. The maximum Gasteiger partial charge on any atom is 0.191 e. The summed E-state index contributed by atoms with van der Waals surface area (Å²) in [6, 6.07) is 8.66. The summed E-state index contributed by atoms with van der Waals surface area (Å²) in [5.74, 6) is 1.55. The van der Waals surface area contributed by atoms with Crippen molar-refractivity contribution in [1.29, 1.82) is 0 Å². The number of nitrogens with zero attached hydrogens (tertiary/aromatic N) is 1. The van der Waals surface area contributed by atoms with Crippen LogP contribution in [0.4, 0.5) is 0 Å². The van der Waals surface area contributed by atoms with Crippen molar-refractivity contribution in [2.75, 3.05) is 13.1 Å². The van der Waals surface area contributed by atoms with E-state index >= 15 is 0 Å². The van der Waals surface area contributed by atoms with Crippen LogP contribution in [0.3, 0.4) is 0 Å². The van der Waals surface area contributed by atoms with E-state index in [0.29, 0.717) is 12.0 Å². The highest BCUT2D eigenvalue weighted by Crippen LogP contribution is 2.41. The number of benzene rings is 1. The summed E-state index contributed by atoms with van der Waals surface area (Å²) in [5, 5.41) is 7.56. The van der Waals surface area contributed by atoms with Gasteiger partial charge in [-0.25, -0.2) is 0 Å². The zero-order chi connectivity index (χ0) is 11.7. The molecule has 1 saturated carbocycles. The van der Waals surface area contributed by atoms with E-state index in [1.165, 1.54) is 12.0 Å². The van der Waals surface area contributed by atoms with Gasteiger partial charge in [0, 0.05) is 30.1 Å². The van der Waals surface area contributed by atoms with E-state index < -0.39 is 0 Å². The van der Waals surface area contributed by atoms with Gasteiger partial charge in [-0.2, -0.15) is 0 Å². The molecular formula is C13H17ClIN3. The lowest BCUT2D eigenvalue weighted by Gasteiger charge is -2.16. The maximum absolute atomic E-state index is 6.00. The van der Waals surface area contributed by atoms with Crippen LogP contribution in [-0.4, -0.2) is 25.1 Å². The number of rotatable bonds is 2. The fraction of sp³-hybridized carbons (Fsp3) is 0.462. The van der Waals surface area contributed by atoms with E-state index in [4.69, 9.17) is 11.6 Å². The minimum Gasteiger partial charge on any atom is -0.356 e. The molecule has 3 rings (SSSR count). The van der Waals surface area contributed by atoms with Gasteiger partial charge >= 0.3 is 0 Å². The third-order valence-electron chi connectivity index (χ3n) is 3.29. The molecule has 1 fully saturated rings. The van der Waals surface area contributed by atoms with E-state index in [1.807, 2.05) is 12.1 Å². The second kappa shape index (κ2) is 6.10. The largest absolute Gasteiger partial charge is 0.356 e. The average Bonchev–Trinajstić information content (AvgIpc) is 3.10. The first kappa shape index (κ1) is 13.9. The zero-order valence-corrected chi connectivity index (χ0v) is 13.1. The molecule has 1 heterocycles. The highest BCUT2D eigenvalue weighted by Gasteiger charge is 2.39. The van der Waals surface area contributed by atoms with Gasteiger partial charge in [0.05, 0.1) is 0 Å². The lowest BCUT2D eigenvalue weighted by molar-refractivity contribution is 0.696. The smallest absolute Gasteiger partial charge is 0.191 e. The summed E-state index contributed by atoms with van der Waals surface area (Å²) in [6.45, 7) is 1.96. The summed E-state index contributed by atoms with van der Waals surface area (Å²) in [6.07, 6.45) is 2.30. The van der Waals surface area contributed by atoms with Gasteiger partial charge in [0.15, 0.2) is 5.96 Å². The van der Waals surface area contributed by atoms with Gasteiger partial charge in [0.25, 0.3) is 0 Å². The lowest BCUT2D eigenvalue weighted by Crippen LogP contribution is -2.42. The SMILES string of the molecule is Clc1cccc(C2CC2NC2=NCCCN2)c1.I. The fourth-order valence-corrected chi connectivity index (χ4v) is 2.46. The number of hydrogen-bond donors (Lipinski definition) is 2. The molecule has 0 aromatic heterocycles. The van der Waals surface area contributed by atoms with Crippen LogP contribution in [0.5, 0.6) is 0 Å². The monoisotopic (exact) mass is 377 g/mol. The van der Waals surface area contributed by atoms with E-state index in [2.05, 4.69) is 27.8 Å². The van der Waals surface area contributed by atoms with Crippen molar-refractivity contribution in [3.8, 4) is 0 Å². The second-order valence-electron chi connectivity index (χ2n) is 4.66. The predicted molar refractivity (Wildman–Crippen MR) is 86.1 cm³/mol. The summed E-state index contributed by atoms with van der Waals surface area (Å²) < 4.78 is 0. The Hall–Kier alpha value is -0.490. The summed E-state index contributed by atoms with van der Waals surface area (Å²) in [5.41, 5.74) is 1.33. The normalized spacial score (nSPS) is 25.5. The second-order valence-corrected chi connectivity index (χ2v) is 5.10. The molecule has 0 spiro atoms. The Bertz CT molecular complexity index is 450. The quantitative estimate of drug-likeness (QED) is 0.778. The molecule has 98 valence electrons. The van der Waals surface area contributed by atoms with E-state index in [1.54, 1.807) is 0 Å². The Labute approximate surface area is 129 Å². The van der Waals surface area contributed by atoms with E-state index in [9.17, 15) is 0 Å². The van der Waals surface area contributed by atoms with Crippen molar-refractivity contribution in [2.24, 2.45) is 4.99 Å². The Kier molecular flexibility index (Phi) is 4.72. The zero-order valence-electron chi connectivity index (χ0n) is 10.0. The molecule has 3 nitrogen and oxygen atoms in total. The molecule has 1 aromatic carbocycles. The molecule has 2 unspecified atom stereocenters. The van der Waals surface area contributed by atoms with E-state index in [-0.39, 0.29) is 24.0 Å². The topological polar surface area (TPSA) is 36.4 Å². The summed E-state index contributed by atoms with van der Waals surface area (Å²) in [7, 11) is 0. The molecule has 0 amide bonds.